The first-order valence-corrected chi connectivity index (χ1v) is 3.95. The van der Waals surface area contributed by atoms with Crippen LogP contribution in [0.15, 0.2) is 12.4 Å². The van der Waals surface area contributed by atoms with Crippen molar-refractivity contribution in [1.29, 1.82) is 0 Å². The fourth-order valence-corrected chi connectivity index (χ4v) is 1.10. The van der Waals surface area contributed by atoms with Crippen molar-refractivity contribution in [2.75, 3.05) is 20.3 Å². The SMILES string of the molecule is CCCCN1C=CN(C)C1.[Zn]. The van der Waals surface area contributed by atoms with Crippen LogP contribution in [0.5, 0.6) is 0 Å². The summed E-state index contributed by atoms with van der Waals surface area (Å²) in [5, 5.41) is 0. The summed E-state index contributed by atoms with van der Waals surface area (Å²) in [4.78, 5) is 4.53. The van der Waals surface area contributed by atoms with E-state index in [-0.39, 0.29) is 19.5 Å². The summed E-state index contributed by atoms with van der Waals surface area (Å²) in [6, 6.07) is 0. The molecule has 0 amide bonds. The third-order valence-corrected chi connectivity index (χ3v) is 1.74. The van der Waals surface area contributed by atoms with Crippen molar-refractivity contribution in [2.45, 2.75) is 19.8 Å². The Morgan fingerprint density at radius 2 is 2.09 bits per heavy atom. The van der Waals surface area contributed by atoms with Crippen LogP contribution in [0, 0.1) is 0 Å². The van der Waals surface area contributed by atoms with E-state index >= 15 is 0 Å². The van der Waals surface area contributed by atoms with Crippen LogP contribution < -0.4 is 0 Å². The van der Waals surface area contributed by atoms with Gasteiger partial charge in [-0.15, -0.1) is 0 Å². The Morgan fingerprint density at radius 3 is 2.55 bits per heavy atom. The molecule has 0 aromatic carbocycles. The Hall–Kier alpha value is -0.0366. The summed E-state index contributed by atoms with van der Waals surface area (Å²) in [5.74, 6) is 0. The molecule has 2 nitrogen and oxygen atoms in total. The van der Waals surface area contributed by atoms with Crippen molar-refractivity contribution in [2.24, 2.45) is 0 Å². The molecule has 1 aliphatic rings. The van der Waals surface area contributed by atoms with E-state index in [0.29, 0.717) is 0 Å². The molecular formula is C8H16N2Zn. The topological polar surface area (TPSA) is 6.48 Å². The van der Waals surface area contributed by atoms with Gasteiger partial charge in [0.1, 0.15) is 0 Å². The molecule has 0 unspecified atom stereocenters. The molecule has 0 fully saturated rings. The zero-order chi connectivity index (χ0) is 7.40. The van der Waals surface area contributed by atoms with Gasteiger partial charge in [0.05, 0.1) is 6.67 Å². The number of nitrogens with zero attached hydrogens (tertiary/aromatic N) is 2. The first-order valence-electron chi connectivity index (χ1n) is 3.95. The summed E-state index contributed by atoms with van der Waals surface area (Å²) in [7, 11) is 2.10. The van der Waals surface area contributed by atoms with Crippen molar-refractivity contribution >= 4 is 0 Å². The summed E-state index contributed by atoms with van der Waals surface area (Å²) in [6.07, 6.45) is 6.87. The zero-order valence-electron chi connectivity index (χ0n) is 7.58. The van der Waals surface area contributed by atoms with Crippen molar-refractivity contribution in [3.8, 4) is 0 Å². The van der Waals surface area contributed by atoms with Crippen LogP contribution in [0.25, 0.3) is 0 Å². The monoisotopic (exact) mass is 204 g/mol. The molecule has 3 heteroatoms. The second-order valence-electron chi connectivity index (χ2n) is 2.86. The fraction of sp³-hybridized carbons (Fsp3) is 0.750. The molecule has 0 N–H and O–H groups in total. The molecule has 0 atom stereocenters. The summed E-state index contributed by atoms with van der Waals surface area (Å²) < 4.78 is 0. The summed E-state index contributed by atoms with van der Waals surface area (Å²) in [6.45, 7) is 4.50. The maximum absolute atomic E-state index is 2.34. The standard InChI is InChI=1S/C8H16N2.Zn/c1-3-4-5-10-7-6-9(2)8-10;/h6-7H,3-5,8H2,1-2H3;. The molecule has 0 saturated carbocycles. The molecule has 11 heavy (non-hydrogen) atoms. The van der Waals surface area contributed by atoms with Crippen molar-refractivity contribution in [1.82, 2.24) is 9.80 Å². The van der Waals surface area contributed by atoms with Crippen molar-refractivity contribution in [3.63, 3.8) is 0 Å². The second-order valence-corrected chi connectivity index (χ2v) is 2.86. The van der Waals surface area contributed by atoms with E-state index in [9.17, 15) is 0 Å². The largest absolute Gasteiger partial charge is 0.362 e. The molecule has 0 spiro atoms. The Morgan fingerprint density at radius 1 is 1.36 bits per heavy atom. The minimum absolute atomic E-state index is 0. The summed E-state index contributed by atoms with van der Waals surface area (Å²) >= 11 is 0. The maximum atomic E-state index is 2.34. The molecule has 0 bridgehead atoms. The van der Waals surface area contributed by atoms with Crippen LogP contribution >= 0.6 is 0 Å². The van der Waals surface area contributed by atoms with Gasteiger partial charge in [-0.1, -0.05) is 13.3 Å². The third kappa shape index (κ3) is 3.76. The first kappa shape index (κ1) is 11.0. The fourth-order valence-electron chi connectivity index (χ4n) is 1.10. The molecule has 60 valence electrons. The van der Waals surface area contributed by atoms with Gasteiger partial charge in [0.2, 0.25) is 0 Å². The van der Waals surface area contributed by atoms with E-state index in [0.717, 1.165) is 6.67 Å². The van der Waals surface area contributed by atoms with Crippen LogP contribution in [-0.2, 0) is 19.5 Å². The van der Waals surface area contributed by atoms with Gasteiger partial charge in [0, 0.05) is 45.5 Å². The number of hydrogen-bond donors (Lipinski definition) is 0. The Balaban J connectivity index is 0.000001000. The van der Waals surface area contributed by atoms with Gasteiger partial charge < -0.3 is 9.80 Å². The molecular weight excluding hydrogens is 189 g/mol. The summed E-state index contributed by atoms with van der Waals surface area (Å²) in [5.41, 5.74) is 0. The van der Waals surface area contributed by atoms with E-state index < -0.39 is 0 Å². The average molecular weight is 206 g/mol. The zero-order valence-corrected chi connectivity index (χ0v) is 10.6. The van der Waals surface area contributed by atoms with Gasteiger partial charge in [0.15, 0.2) is 0 Å². The second kappa shape index (κ2) is 5.59. The van der Waals surface area contributed by atoms with Crippen molar-refractivity contribution in [3.05, 3.63) is 12.4 Å². The van der Waals surface area contributed by atoms with Crippen LogP contribution in [0.2, 0.25) is 0 Å². The molecule has 1 heterocycles. The van der Waals surface area contributed by atoms with Gasteiger partial charge in [-0.3, -0.25) is 0 Å². The average Bonchev–Trinajstić information content (AvgIpc) is 2.31. The third-order valence-electron chi connectivity index (χ3n) is 1.74. The number of unbranched alkanes of at least 4 members (excludes halogenated alkanes) is 1. The van der Waals surface area contributed by atoms with E-state index in [4.69, 9.17) is 0 Å². The van der Waals surface area contributed by atoms with Crippen LogP contribution in [-0.4, -0.2) is 30.1 Å². The van der Waals surface area contributed by atoms with Crippen LogP contribution in [0.4, 0.5) is 0 Å². The number of rotatable bonds is 3. The van der Waals surface area contributed by atoms with Crippen LogP contribution in [0.1, 0.15) is 19.8 Å². The Bertz CT molecular complexity index is 125. The van der Waals surface area contributed by atoms with Gasteiger partial charge in [-0.2, -0.15) is 0 Å². The normalized spacial score (nSPS) is 15.5. The maximum Gasteiger partial charge on any atom is 0.0890 e. The number of hydrogen-bond acceptors (Lipinski definition) is 2. The minimum atomic E-state index is 0. The molecule has 0 aromatic rings. The van der Waals surface area contributed by atoms with E-state index in [1.807, 2.05) is 0 Å². The molecule has 0 aromatic heterocycles. The van der Waals surface area contributed by atoms with Gasteiger partial charge >= 0.3 is 0 Å². The molecule has 1 rings (SSSR count). The molecule has 0 radical (unpaired) electrons. The van der Waals surface area contributed by atoms with E-state index in [1.54, 1.807) is 0 Å². The predicted octanol–water partition coefficient (Wildman–Crippen LogP) is 1.46. The molecule has 0 aliphatic carbocycles. The smallest absolute Gasteiger partial charge is 0.0890 e. The van der Waals surface area contributed by atoms with Crippen molar-refractivity contribution < 1.29 is 19.5 Å². The van der Waals surface area contributed by atoms with Crippen LogP contribution in [0.3, 0.4) is 0 Å². The first-order chi connectivity index (χ1) is 4.83. The quantitative estimate of drug-likeness (QED) is 0.644. The molecule has 0 saturated heterocycles. The van der Waals surface area contributed by atoms with Gasteiger partial charge in [-0.25, -0.2) is 0 Å². The minimum Gasteiger partial charge on any atom is -0.362 e. The van der Waals surface area contributed by atoms with Gasteiger partial charge in [0.25, 0.3) is 0 Å². The van der Waals surface area contributed by atoms with Gasteiger partial charge in [-0.05, 0) is 6.42 Å². The molecule has 1 aliphatic heterocycles. The predicted molar refractivity (Wildman–Crippen MR) is 43.4 cm³/mol. The van der Waals surface area contributed by atoms with E-state index in [1.165, 1.54) is 19.4 Å². The Labute approximate surface area is 82.0 Å². The van der Waals surface area contributed by atoms with E-state index in [2.05, 4.69) is 36.2 Å². The Kier molecular flexibility index (Phi) is 5.57.